The average Bonchev–Trinajstić information content (AvgIpc) is 2.77. The van der Waals surface area contributed by atoms with Crippen LogP contribution in [0.25, 0.3) is 0 Å². The molecule has 21 heavy (non-hydrogen) atoms. The number of halogens is 1. The van der Waals surface area contributed by atoms with Crippen molar-refractivity contribution in [1.82, 2.24) is 0 Å². The largest absolute Gasteiger partial charge is 0.384 e. The van der Waals surface area contributed by atoms with E-state index in [-0.39, 0.29) is 0 Å². The van der Waals surface area contributed by atoms with Gasteiger partial charge in [-0.2, -0.15) is 0 Å². The van der Waals surface area contributed by atoms with E-state index in [1.807, 2.05) is 18.2 Å². The SMILES string of the molecule is COCCc1ccccc1NS(=O)(=O)c1cc(Br)sc1C. The lowest BCUT2D eigenvalue weighted by Crippen LogP contribution is -2.14. The molecule has 4 nitrogen and oxygen atoms in total. The Hall–Kier alpha value is -0.890. The number of para-hydroxylation sites is 1. The van der Waals surface area contributed by atoms with Crippen molar-refractivity contribution in [2.75, 3.05) is 18.4 Å². The summed E-state index contributed by atoms with van der Waals surface area (Å²) in [6.45, 7) is 2.34. The number of methoxy groups -OCH3 is 1. The van der Waals surface area contributed by atoms with Crippen LogP contribution in [0.5, 0.6) is 0 Å². The third kappa shape index (κ3) is 4.06. The summed E-state index contributed by atoms with van der Waals surface area (Å²) in [5.41, 5.74) is 1.51. The van der Waals surface area contributed by atoms with Crippen LogP contribution in [0.2, 0.25) is 0 Å². The maximum Gasteiger partial charge on any atom is 0.263 e. The van der Waals surface area contributed by atoms with Crippen molar-refractivity contribution >= 4 is 43.0 Å². The molecular formula is C14H16BrNO3S2. The lowest BCUT2D eigenvalue weighted by molar-refractivity contribution is 0.202. The molecule has 0 aliphatic heterocycles. The molecule has 1 aromatic heterocycles. The second-order valence-corrected chi connectivity index (χ2v) is 8.76. The predicted octanol–water partition coefficient (Wildman–Crippen LogP) is 3.81. The maximum atomic E-state index is 12.5. The number of aryl methyl sites for hydroxylation is 1. The smallest absolute Gasteiger partial charge is 0.263 e. The van der Waals surface area contributed by atoms with Crippen LogP contribution in [0.15, 0.2) is 39.0 Å². The Morgan fingerprint density at radius 3 is 2.67 bits per heavy atom. The van der Waals surface area contributed by atoms with Crippen LogP contribution in [0, 0.1) is 6.92 Å². The molecule has 1 heterocycles. The molecule has 0 bridgehead atoms. The lowest BCUT2D eigenvalue weighted by atomic mass is 10.1. The van der Waals surface area contributed by atoms with E-state index in [0.717, 1.165) is 14.2 Å². The van der Waals surface area contributed by atoms with Gasteiger partial charge in [0, 0.05) is 12.0 Å². The van der Waals surface area contributed by atoms with Gasteiger partial charge in [0.05, 0.1) is 16.1 Å². The molecule has 1 aromatic carbocycles. The Kier molecular flexibility index (Phi) is 5.43. The van der Waals surface area contributed by atoms with Crippen molar-refractivity contribution in [2.45, 2.75) is 18.2 Å². The van der Waals surface area contributed by atoms with Gasteiger partial charge in [-0.25, -0.2) is 8.42 Å². The predicted molar refractivity (Wildman–Crippen MR) is 89.6 cm³/mol. The maximum absolute atomic E-state index is 12.5. The van der Waals surface area contributed by atoms with E-state index in [9.17, 15) is 8.42 Å². The Morgan fingerprint density at radius 2 is 2.05 bits per heavy atom. The second-order valence-electron chi connectivity index (χ2n) is 4.48. The van der Waals surface area contributed by atoms with Crippen LogP contribution in [0.3, 0.4) is 0 Å². The van der Waals surface area contributed by atoms with Crippen molar-refractivity contribution in [1.29, 1.82) is 0 Å². The van der Waals surface area contributed by atoms with Gasteiger partial charge >= 0.3 is 0 Å². The summed E-state index contributed by atoms with van der Waals surface area (Å²) in [5.74, 6) is 0. The zero-order chi connectivity index (χ0) is 15.5. The van der Waals surface area contributed by atoms with E-state index in [1.54, 1.807) is 26.2 Å². The first kappa shape index (κ1) is 16.5. The zero-order valence-corrected chi connectivity index (χ0v) is 14.9. The third-order valence-electron chi connectivity index (χ3n) is 2.97. The molecule has 2 rings (SSSR count). The fourth-order valence-electron chi connectivity index (χ4n) is 1.95. The van der Waals surface area contributed by atoms with Crippen LogP contribution >= 0.6 is 27.3 Å². The highest BCUT2D eigenvalue weighted by molar-refractivity contribution is 9.11. The molecule has 0 spiro atoms. The van der Waals surface area contributed by atoms with Gasteiger partial charge in [0.2, 0.25) is 0 Å². The van der Waals surface area contributed by atoms with Crippen LogP contribution < -0.4 is 4.72 Å². The van der Waals surface area contributed by atoms with Crippen LogP contribution in [-0.2, 0) is 21.2 Å². The van der Waals surface area contributed by atoms with Crippen molar-refractivity contribution in [3.8, 4) is 0 Å². The summed E-state index contributed by atoms with van der Waals surface area (Å²) >= 11 is 4.72. The quantitative estimate of drug-likeness (QED) is 0.816. The number of anilines is 1. The summed E-state index contributed by atoms with van der Waals surface area (Å²) in [7, 11) is -1.96. The number of sulfonamides is 1. The molecule has 2 aromatic rings. The van der Waals surface area contributed by atoms with Crippen molar-refractivity contribution in [2.24, 2.45) is 0 Å². The molecule has 0 saturated heterocycles. The topological polar surface area (TPSA) is 55.4 Å². The fraction of sp³-hybridized carbons (Fsp3) is 0.286. The summed E-state index contributed by atoms with van der Waals surface area (Å²) in [4.78, 5) is 1.06. The number of rotatable bonds is 6. The molecule has 0 aliphatic rings. The number of nitrogens with one attached hydrogen (secondary N) is 1. The highest BCUT2D eigenvalue weighted by Crippen LogP contribution is 2.31. The summed E-state index contributed by atoms with van der Waals surface area (Å²) in [6.07, 6.45) is 0.654. The standard InChI is InChI=1S/C14H16BrNO3S2/c1-10-13(9-14(15)20-10)21(17,18)16-12-6-4-3-5-11(12)7-8-19-2/h3-6,9,16H,7-8H2,1-2H3. The fourth-order valence-corrected chi connectivity index (χ4v) is 5.46. The van der Waals surface area contributed by atoms with Crippen LogP contribution in [0.4, 0.5) is 5.69 Å². The second kappa shape index (κ2) is 6.91. The van der Waals surface area contributed by atoms with Crippen molar-refractivity contribution in [3.05, 3.63) is 44.6 Å². The molecule has 7 heteroatoms. The molecule has 0 atom stereocenters. The van der Waals surface area contributed by atoms with Gasteiger partial charge in [0.15, 0.2) is 0 Å². The Labute approximate surface area is 137 Å². The molecule has 0 fully saturated rings. The molecule has 1 N–H and O–H groups in total. The Bertz CT molecular complexity index is 726. The number of thiophene rings is 1. The van der Waals surface area contributed by atoms with E-state index in [0.29, 0.717) is 23.6 Å². The monoisotopic (exact) mass is 389 g/mol. The first-order valence-corrected chi connectivity index (χ1v) is 9.39. The normalized spacial score (nSPS) is 11.6. The first-order chi connectivity index (χ1) is 9.94. The third-order valence-corrected chi connectivity index (χ3v) is 6.14. The number of hydrogen-bond donors (Lipinski definition) is 1. The van der Waals surface area contributed by atoms with Crippen molar-refractivity contribution in [3.63, 3.8) is 0 Å². The molecule has 0 radical (unpaired) electrons. The molecule has 0 unspecified atom stereocenters. The van der Waals surface area contributed by atoms with E-state index >= 15 is 0 Å². The van der Waals surface area contributed by atoms with E-state index < -0.39 is 10.0 Å². The minimum absolute atomic E-state index is 0.306. The minimum atomic E-state index is -3.58. The molecule has 0 aliphatic carbocycles. The molecule has 114 valence electrons. The molecule has 0 amide bonds. The first-order valence-electron chi connectivity index (χ1n) is 6.29. The highest BCUT2D eigenvalue weighted by atomic mass is 79.9. The van der Waals surface area contributed by atoms with E-state index in [2.05, 4.69) is 20.7 Å². The van der Waals surface area contributed by atoms with Gasteiger partial charge < -0.3 is 4.74 Å². The minimum Gasteiger partial charge on any atom is -0.384 e. The number of ether oxygens (including phenoxy) is 1. The summed E-state index contributed by atoms with van der Waals surface area (Å²) in [5, 5.41) is 0. The van der Waals surface area contributed by atoms with E-state index in [4.69, 9.17) is 4.74 Å². The van der Waals surface area contributed by atoms with Gasteiger partial charge in [0.25, 0.3) is 10.0 Å². The van der Waals surface area contributed by atoms with Crippen LogP contribution in [0.1, 0.15) is 10.4 Å². The van der Waals surface area contributed by atoms with Crippen molar-refractivity contribution < 1.29 is 13.2 Å². The van der Waals surface area contributed by atoms with Gasteiger partial charge in [-0.1, -0.05) is 18.2 Å². The zero-order valence-electron chi connectivity index (χ0n) is 11.7. The lowest BCUT2D eigenvalue weighted by Gasteiger charge is -2.12. The summed E-state index contributed by atoms with van der Waals surface area (Å²) < 4.78 is 33.5. The van der Waals surface area contributed by atoms with Gasteiger partial charge in [0.1, 0.15) is 4.90 Å². The van der Waals surface area contributed by atoms with Gasteiger partial charge in [-0.05, 0) is 47.0 Å². The molecular weight excluding hydrogens is 374 g/mol. The van der Waals surface area contributed by atoms with Gasteiger partial charge in [-0.3, -0.25) is 4.72 Å². The Balaban J connectivity index is 2.31. The Morgan fingerprint density at radius 1 is 1.33 bits per heavy atom. The van der Waals surface area contributed by atoms with Gasteiger partial charge in [-0.15, -0.1) is 11.3 Å². The highest BCUT2D eigenvalue weighted by Gasteiger charge is 2.20. The van der Waals surface area contributed by atoms with E-state index in [1.165, 1.54) is 11.3 Å². The number of hydrogen-bond acceptors (Lipinski definition) is 4. The number of benzene rings is 1. The average molecular weight is 390 g/mol. The molecule has 0 saturated carbocycles. The summed E-state index contributed by atoms with van der Waals surface area (Å²) in [6, 6.07) is 8.98. The van der Waals surface area contributed by atoms with Crippen LogP contribution in [-0.4, -0.2) is 22.1 Å².